The zero-order valence-corrected chi connectivity index (χ0v) is 15.5. The Balaban J connectivity index is 1.66. The van der Waals surface area contributed by atoms with E-state index in [0.717, 1.165) is 21.9 Å². The Morgan fingerprint density at radius 1 is 1.25 bits per heavy atom. The van der Waals surface area contributed by atoms with Gasteiger partial charge in [-0.15, -0.1) is 0 Å². The van der Waals surface area contributed by atoms with E-state index in [1.807, 2.05) is 30.3 Å². The largest absolute Gasteiger partial charge is 0.563 e. The van der Waals surface area contributed by atoms with E-state index in [4.69, 9.17) is 10.4 Å². The van der Waals surface area contributed by atoms with Gasteiger partial charge in [-0.1, -0.05) is 36.4 Å². The third-order valence-electron chi connectivity index (χ3n) is 5.00. The van der Waals surface area contributed by atoms with E-state index in [1.54, 1.807) is 31.5 Å². The Bertz CT molecular complexity index is 1080. The van der Waals surface area contributed by atoms with Crippen LogP contribution in [0.4, 0.5) is 5.69 Å². The average molecular weight is 373 g/mol. The summed E-state index contributed by atoms with van der Waals surface area (Å²) >= 11 is 0. The molecule has 7 heteroatoms. The SMILES string of the molecule is CC1=Nc2c(cccc2[C@@H](CN)C(=O)Cc2ccc3cnccc3c2)B(O)O1. The van der Waals surface area contributed by atoms with Crippen molar-refractivity contribution in [3.05, 3.63) is 66.0 Å². The zero-order chi connectivity index (χ0) is 19.7. The highest BCUT2D eigenvalue weighted by Gasteiger charge is 2.31. The number of hydrogen-bond donors (Lipinski definition) is 2. The molecule has 4 rings (SSSR count). The number of fused-ring (bicyclic) bond motifs is 2. The molecule has 140 valence electrons. The second-order valence-corrected chi connectivity index (χ2v) is 6.87. The molecule has 0 aliphatic carbocycles. The van der Waals surface area contributed by atoms with E-state index in [9.17, 15) is 9.82 Å². The van der Waals surface area contributed by atoms with Gasteiger partial charge in [-0.3, -0.25) is 9.78 Å². The highest BCUT2D eigenvalue weighted by Crippen LogP contribution is 2.29. The van der Waals surface area contributed by atoms with Gasteiger partial charge in [0.15, 0.2) is 5.90 Å². The van der Waals surface area contributed by atoms with Crippen molar-refractivity contribution in [1.29, 1.82) is 0 Å². The van der Waals surface area contributed by atoms with Crippen LogP contribution in [0.3, 0.4) is 0 Å². The van der Waals surface area contributed by atoms with Gasteiger partial charge in [0, 0.05) is 43.1 Å². The maximum atomic E-state index is 13.1. The maximum Gasteiger partial charge on any atom is 0.563 e. The molecule has 2 aromatic carbocycles. The van der Waals surface area contributed by atoms with E-state index in [-0.39, 0.29) is 18.7 Å². The first-order chi connectivity index (χ1) is 13.6. The summed E-state index contributed by atoms with van der Waals surface area (Å²) in [5, 5.41) is 12.2. The van der Waals surface area contributed by atoms with Crippen molar-refractivity contribution < 1.29 is 14.5 Å². The molecule has 0 radical (unpaired) electrons. The fraction of sp³-hybridized carbons (Fsp3) is 0.190. The quantitative estimate of drug-likeness (QED) is 0.666. The number of pyridine rings is 1. The minimum atomic E-state index is -1.09. The summed E-state index contributed by atoms with van der Waals surface area (Å²) in [4.78, 5) is 21.6. The van der Waals surface area contributed by atoms with Crippen LogP contribution in [0.25, 0.3) is 10.8 Å². The number of nitrogens with two attached hydrogens (primary N) is 1. The molecule has 0 saturated heterocycles. The van der Waals surface area contributed by atoms with Crippen LogP contribution in [-0.2, 0) is 15.9 Å². The van der Waals surface area contributed by atoms with Crippen molar-refractivity contribution >= 4 is 40.7 Å². The number of hydrogen-bond acceptors (Lipinski definition) is 6. The third kappa shape index (κ3) is 3.42. The van der Waals surface area contributed by atoms with Crippen LogP contribution in [0.5, 0.6) is 0 Å². The number of aliphatic imine (C=N–C) groups is 1. The predicted molar refractivity (Wildman–Crippen MR) is 110 cm³/mol. The van der Waals surface area contributed by atoms with Crippen molar-refractivity contribution in [3.63, 3.8) is 0 Å². The number of carbonyl (C=O) groups is 1. The zero-order valence-electron chi connectivity index (χ0n) is 15.5. The lowest BCUT2D eigenvalue weighted by Gasteiger charge is -2.23. The Morgan fingerprint density at radius 3 is 2.93 bits per heavy atom. The fourth-order valence-corrected chi connectivity index (χ4v) is 3.60. The molecule has 28 heavy (non-hydrogen) atoms. The molecule has 1 aliphatic rings. The number of aromatic nitrogens is 1. The third-order valence-corrected chi connectivity index (χ3v) is 5.00. The van der Waals surface area contributed by atoms with Gasteiger partial charge in [0.1, 0.15) is 5.78 Å². The summed E-state index contributed by atoms with van der Waals surface area (Å²) < 4.78 is 5.26. The van der Waals surface area contributed by atoms with Crippen molar-refractivity contribution in [2.45, 2.75) is 19.3 Å². The number of nitrogens with zero attached hydrogens (tertiary/aromatic N) is 2. The highest BCUT2D eigenvalue weighted by molar-refractivity contribution is 6.64. The first-order valence-electron chi connectivity index (χ1n) is 9.15. The van der Waals surface area contributed by atoms with Gasteiger partial charge in [-0.2, -0.15) is 0 Å². The van der Waals surface area contributed by atoms with E-state index in [1.165, 1.54) is 0 Å². The second-order valence-electron chi connectivity index (χ2n) is 6.87. The Morgan fingerprint density at radius 2 is 2.11 bits per heavy atom. The molecule has 6 nitrogen and oxygen atoms in total. The fourth-order valence-electron chi connectivity index (χ4n) is 3.60. The summed E-state index contributed by atoms with van der Waals surface area (Å²) in [7, 11) is -1.09. The molecule has 0 amide bonds. The Hall–Kier alpha value is -3.03. The Labute approximate surface area is 163 Å². The van der Waals surface area contributed by atoms with E-state index >= 15 is 0 Å². The molecule has 0 fully saturated rings. The van der Waals surface area contributed by atoms with Gasteiger partial charge in [0.25, 0.3) is 0 Å². The summed E-state index contributed by atoms with van der Waals surface area (Å²) in [6, 6.07) is 13.2. The number of rotatable bonds is 5. The normalized spacial score (nSPS) is 14.2. The lowest BCUT2D eigenvalue weighted by molar-refractivity contribution is -0.119. The van der Waals surface area contributed by atoms with Gasteiger partial charge < -0.3 is 15.4 Å². The van der Waals surface area contributed by atoms with Gasteiger partial charge in [-0.25, -0.2) is 4.99 Å². The highest BCUT2D eigenvalue weighted by atomic mass is 16.5. The molecule has 1 aliphatic heterocycles. The molecule has 0 unspecified atom stereocenters. The van der Waals surface area contributed by atoms with Gasteiger partial charge in [-0.05, 0) is 22.6 Å². The minimum Gasteiger partial charge on any atom is -0.522 e. The van der Waals surface area contributed by atoms with Crippen LogP contribution in [0.15, 0.2) is 59.9 Å². The lowest BCUT2D eigenvalue weighted by atomic mass is 9.74. The van der Waals surface area contributed by atoms with Crippen molar-refractivity contribution in [2.24, 2.45) is 10.7 Å². The minimum absolute atomic E-state index is 0.0122. The van der Waals surface area contributed by atoms with Crippen LogP contribution in [0.2, 0.25) is 0 Å². The number of Topliss-reactive ketones (excluding diaryl/α,β-unsaturated/α-hetero) is 1. The number of para-hydroxylation sites is 1. The van der Waals surface area contributed by atoms with E-state index in [2.05, 4.69) is 9.98 Å². The molecular weight excluding hydrogens is 353 g/mol. The summed E-state index contributed by atoms with van der Waals surface area (Å²) in [6.45, 7) is 1.84. The summed E-state index contributed by atoms with van der Waals surface area (Å²) in [5.41, 5.74) is 8.75. The van der Waals surface area contributed by atoms with Crippen molar-refractivity contribution in [2.75, 3.05) is 6.54 Å². The molecule has 1 atom stereocenters. The van der Waals surface area contributed by atoms with Crippen LogP contribution in [0.1, 0.15) is 24.0 Å². The summed E-state index contributed by atoms with van der Waals surface area (Å²) in [6.07, 6.45) is 3.81. The molecule has 2 heterocycles. The van der Waals surface area contributed by atoms with Gasteiger partial charge in [0.05, 0.1) is 11.6 Å². The van der Waals surface area contributed by atoms with Crippen molar-refractivity contribution in [3.8, 4) is 0 Å². The standard InChI is InChI=1S/C21H20BN3O3/c1-13-25-21-17(3-2-4-19(21)22(27)28-13)18(11-23)20(26)10-14-5-6-16-12-24-8-7-15(16)9-14/h2-9,12,18,27H,10-11,23H2,1H3/t18-/m1/s1. The summed E-state index contributed by atoms with van der Waals surface area (Å²) in [5.74, 6) is -0.137. The van der Waals surface area contributed by atoms with E-state index < -0.39 is 13.0 Å². The molecule has 0 saturated carbocycles. The second kappa shape index (κ2) is 7.54. The topological polar surface area (TPSA) is 97.8 Å². The molecule has 1 aromatic heterocycles. The van der Waals surface area contributed by atoms with E-state index in [0.29, 0.717) is 17.0 Å². The lowest BCUT2D eigenvalue weighted by Crippen LogP contribution is -2.39. The first-order valence-corrected chi connectivity index (χ1v) is 9.15. The Kier molecular flexibility index (Phi) is 4.94. The molecular formula is C21H20BN3O3. The monoisotopic (exact) mass is 373 g/mol. The van der Waals surface area contributed by atoms with Gasteiger partial charge in [0.2, 0.25) is 0 Å². The number of ketones is 1. The molecule has 0 spiro atoms. The maximum absolute atomic E-state index is 13.1. The van der Waals surface area contributed by atoms with Crippen LogP contribution < -0.4 is 11.2 Å². The predicted octanol–water partition coefficient (Wildman–Crippen LogP) is 1.86. The molecule has 0 bridgehead atoms. The smallest absolute Gasteiger partial charge is 0.522 e. The number of carbonyl (C=O) groups excluding carboxylic acids is 1. The average Bonchev–Trinajstić information content (AvgIpc) is 2.69. The van der Waals surface area contributed by atoms with Crippen LogP contribution >= 0.6 is 0 Å². The van der Waals surface area contributed by atoms with Crippen LogP contribution in [0, 0.1) is 0 Å². The first kappa shape index (κ1) is 18.3. The van der Waals surface area contributed by atoms with Gasteiger partial charge >= 0.3 is 7.12 Å². The molecule has 3 aromatic rings. The number of benzene rings is 2. The molecule has 3 N–H and O–H groups in total. The van der Waals surface area contributed by atoms with Crippen molar-refractivity contribution in [1.82, 2.24) is 4.98 Å². The van der Waals surface area contributed by atoms with Crippen LogP contribution in [-0.4, -0.2) is 35.4 Å².